The summed E-state index contributed by atoms with van der Waals surface area (Å²) in [5, 5.41) is 0. The Bertz CT molecular complexity index is 452. The monoisotopic (exact) mass is 258 g/mol. The van der Waals surface area contributed by atoms with Gasteiger partial charge in [-0.3, -0.25) is 4.79 Å². The molecule has 0 aliphatic carbocycles. The van der Waals surface area contributed by atoms with Crippen molar-refractivity contribution in [3.8, 4) is 0 Å². The molecule has 17 heavy (non-hydrogen) atoms. The van der Waals surface area contributed by atoms with Crippen LogP contribution in [0, 0.1) is 0 Å². The summed E-state index contributed by atoms with van der Waals surface area (Å²) >= 11 is 0. The van der Waals surface area contributed by atoms with Gasteiger partial charge in [0.05, 0.1) is 11.5 Å². The second kappa shape index (κ2) is 6.36. The number of carbonyl (C=O) groups excluding carboxylic acids is 1. The molecule has 0 radical (unpaired) electrons. The van der Waals surface area contributed by atoms with Gasteiger partial charge < -0.3 is 9.47 Å². The number of hydrogen-bond donors (Lipinski definition) is 0. The van der Waals surface area contributed by atoms with Gasteiger partial charge in [-0.25, -0.2) is 8.42 Å². The number of methoxy groups -OCH3 is 1. The molecule has 94 valence electrons. The van der Waals surface area contributed by atoms with Crippen molar-refractivity contribution in [2.75, 3.05) is 26.1 Å². The van der Waals surface area contributed by atoms with Crippen molar-refractivity contribution in [2.45, 2.75) is 4.90 Å². The van der Waals surface area contributed by atoms with Gasteiger partial charge in [-0.05, 0) is 12.1 Å². The van der Waals surface area contributed by atoms with Gasteiger partial charge in [-0.2, -0.15) is 0 Å². The van der Waals surface area contributed by atoms with Crippen LogP contribution in [0.5, 0.6) is 0 Å². The molecule has 0 spiro atoms. The highest BCUT2D eigenvalue weighted by molar-refractivity contribution is 7.92. The summed E-state index contributed by atoms with van der Waals surface area (Å²) < 4.78 is 32.9. The normalized spacial score (nSPS) is 11.1. The third-order valence-electron chi connectivity index (χ3n) is 1.96. The van der Waals surface area contributed by atoms with E-state index in [-0.39, 0.29) is 18.1 Å². The van der Waals surface area contributed by atoms with Crippen LogP contribution in [-0.4, -0.2) is 40.5 Å². The van der Waals surface area contributed by atoms with Crippen LogP contribution in [0.15, 0.2) is 35.2 Å². The average molecular weight is 258 g/mol. The minimum atomic E-state index is -3.61. The zero-order valence-corrected chi connectivity index (χ0v) is 10.3. The minimum Gasteiger partial charge on any atom is -0.462 e. The van der Waals surface area contributed by atoms with Gasteiger partial charge in [-0.1, -0.05) is 18.2 Å². The Labute approximate surface area is 100 Å². The molecule has 0 fully saturated rings. The number of esters is 1. The van der Waals surface area contributed by atoms with Crippen molar-refractivity contribution in [1.29, 1.82) is 0 Å². The van der Waals surface area contributed by atoms with Crippen LogP contribution in [-0.2, 0) is 24.1 Å². The summed E-state index contributed by atoms with van der Waals surface area (Å²) in [6.07, 6.45) is 0. The number of hydrogen-bond acceptors (Lipinski definition) is 5. The Hall–Kier alpha value is -1.40. The van der Waals surface area contributed by atoms with E-state index in [0.29, 0.717) is 0 Å². The number of rotatable bonds is 6. The third-order valence-corrected chi connectivity index (χ3v) is 3.57. The molecule has 0 atom stereocenters. The van der Waals surface area contributed by atoms with Crippen LogP contribution in [0.25, 0.3) is 0 Å². The van der Waals surface area contributed by atoms with Gasteiger partial charge in [0.25, 0.3) is 0 Å². The summed E-state index contributed by atoms with van der Waals surface area (Å²) in [5.41, 5.74) is 0. The van der Waals surface area contributed by atoms with Crippen LogP contribution >= 0.6 is 0 Å². The Morgan fingerprint density at radius 1 is 1.18 bits per heavy atom. The zero-order chi connectivity index (χ0) is 12.7. The molecule has 0 aromatic heterocycles. The highest BCUT2D eigenvalue weighted by atomic mass is 32.2. The molecule has 0 N–H and O–H groups in total. The molecular formula is C11H14O5S. The number of carbonyl (C=O) groups is 1. The second-order valence-corrected chi connectivity index (χ2v) is 5.27. The van der Waals surface area contributed by atoms with Crippen molar-refractivity contribution >= 4 is 15.8 Å². The van der Waals surface area contributed by atoms with Crippen LogP contribution in [0.3, 0.4) is 0 Å². The summed E-state index contributed by atoms with van der Waals surface area (Å²) in [6.45, 7) is 0.302. The molecule has 5 nitrogen and oxygen atoms in total. The molecule has 0 bridgehead atoms. The van der Waals surface area contributed by atoms with Crippen molar-refractivity contribution < 1.29 is 22.7 Å². The van der Waals surface area contributed by atoms with Crippen molar-refractivity contribution in [2.24, 2.45) is 0 Å². The maximum Gasteiger partial charge on any atom is 0.321 e. The third kappa shape index (κ3) is 4.54. The van der Waals surface area contributed by atoms with E-state index in [2.05, 4.69) is 4.74 Å². The van der Waals surface area contributed by atoms with E-state index < -0.39 is 21.6 Å². The van der Waals surface area contributed by atoms with Crippen molar-refractivity contribution in [3.63, 3.8) is 0 Å². The molecular weight excluding hydrogens is 244 g/mol. The summed E-state index contributed by atoms with van der Waals surface area (Å²) in [6, 6.07) is 7.79. The standard InChI is InChI=1S/C11H14O5S/c1-15-7-8-16-11(12)9-17(13,14)10-5-3-2-4-6-10/h2-6H,7-9H2,1H3. The van der Waals surface area contributed by atoms with Gasteiger partial charge in [0, 0.05) is 7.11 Å². The molecule has 0 aliphatic heterocycles. The predicted molar refractivity (Wildman–Crippen MR) is 61.3 cm³/mol. The second-order valence-electron chi connectivity index (χ2n) is 3.29. The average Bonchev–Trinajstić information content (AvgIpc) is 2.30. The maximum atomic E-state index is 11.7. The van der Waals surface area contributed by atoms with Gasteiger partial charge in [0.2, 0.25) is 0 Å². The van der Waals surface area contributed by atoms with Crippen molar-refractivity contribution in [3.05, 3.63) is 30.3 Å². The first-order valence-electron chi connectivity index (χ1n) is 4.98. The van der Waals surface area contributed by atoms with Crippen LogP contribution in [0.2, 0.25) is 0 Å². The lowest BCUT2D eigenvalue weighted by atomic mass is 10.4. The van der Waals surface area contributed by atoms with E-state index in [9.17, 15) is 13.2 Å². The Morgan fingerprint density at radius 3 is 2.41 bits per heavy atom. The quantitative estimate of drug-likeness (QED) is 0.553. The van der Waals surface area contributed by atoms with Gasteiger partial charge in [-0.15, -0.1) is 0 Å². The molecule has 1 aromatic rings. The lowest BCUT2D eigenvalue weighted by Gasteiger charge is -2.05. The Balaban J connectivity index is 2.59. The highest BCUT2D eigenvalue weighted by Gasteiger charge is 2.19. The van der Waals surface area contributed by atoms with E-state index in [4.69, 9.17) is 4.74 Å². The molecule has 1 aromatic carbocycles. The van der Waals surface area contributed by atoms with E-state index in [1.54, 1.807) is 18.2 Å². The molecule has 0 unspecified atom stereocenters. The van der Waals surface area contributed by atoms with Crippen LogP contribution < -0.4 is 0 Å². The zero-order valence-electron chi connectivity index (χ0n) is 9.46. The number of sulfone groups is 1. The largest absolute Gasteiger partial charge is 0.462 e. The maximum absolute atomic E-state index is 11.7. The first kappa shape index (κ1) is 13.7. The van der Waals surface area contributed by atoms with Gasteiger partial charge in [0.15, 0.2) is 15.6 Å². The first-order chi connectivity index (χ1) is 8.06. The SMILES string of the molecule is COCCOC(=O)CS(=O)(=O)c1ccccc1. The van der Waals surface area contributed by atoms with E-state index >= 15 is 0 Å². The molecule has 1 rings (SSSR count). The Morgan fingerprint density at radius 2 is 1.82 bits per heavy atom. The Kier molecular flexibility index (Phi) is 5.11. The first-order valence-corrected chi connectivity index (χ1v) is 6.64. The topological polar surface area (TPSA) is 69.7 Å². The molecule has 6 heteroatoms. The molecule has 0 saturated heterocycles. The minimum absolute atomic E-state index is 0.0552. The number of benzene rings is 1. The predicted octanol–water partition coefficient (Wildman–Crippen LogP) is 0.650. The molecule has 0 amide bonds. The van der Waals surface area contributed by atoms with Gasteiger partial charge >= 0.3 is 5.97 Å². The fraction of sp³-hybridized carbons (Fsp3) is 0.364. The van der Waals surface area contributed by atoms with Crippen LogP contribution in [0.4, 0.5) is 0 Å². The van der Waals surface area contributed by atoms with E-state index in [1.807, 2.05) is 0 Å². The molecule has 0 heterocycles. The van der Waals surface area contributed by atoms with Crippen molar-refractivity contribution in [1.82, 2.24) is 0 Å². The smallest absolute Gasteiger partial charge is 0.321 e. The van der Waals surface area contributed by atoms with Gasteiger partial charge in [0.1, 0.15) is 6.61 Å². The van der Waals surface area contributed by atoms with E-state index in [0.717, 1.165) is 0 Å². The summed E-state index contributed by atoms with van der Waals surface area (Å²) in [5.74, 6) is -1.42. The summed E-state index contributed by atoms with van der Waals surface area (Å²) in [7, 11) is -2.15. The van der Waals surface area contributed by atoms with E-state index in [1.165, 1.54) is 19.2 Å². The van der Waals surface area contributed by atoms with Crippen LogP contribution in [0.1, 0.15) is 0 Å². The molecule has 0 saturated carbocycles. The lowest BCUT2D eigenvalue weighted by molar-refractivity contribution is -0.141. The fourth-order valence-corrected chi connectivity index (χ4v) is 2.28. The lowest BCUT2D eigenvalue weighted by Crippen LogP contribution is -2.20. The fourth-order valence-electron chi connectivity index (χ4n) is 1.15. The highest BCUT2D eigenvalue weighted by Crippen LogP contribution is 2.10. The number of ether oxygens (including phenoxy) is 2. The summed E-state index contributed by atoms with van der Waals surface area (Å²) in [4.78, 5) is 11.4. The molecule has 0 aliphatic rings.